The van der Waals surface area contributed by atoms with E-state index in [0.29, 0.717) is 0 Å². The summed E-state index contributed by atoms with van der Waals surface area (Å²) in [4.78, 5) is 12.6. The molecule has 0 saturated carbocycles. The zero-order chi connectivity index (χ0) is 11.6. The van der Waals surface area contributed by atoms with Crippen molar-refractivity contribution in [1.29, 1.82) is 0 Å². The van der Waals surface area contributed by atoms with E-state index in [-0.39, 0.29) is 11.6 Å². The second-order valence-electron chi connectivity index (χ2n) is 3.68. The highest BCUT2D eigenvalue weighted by atomic mass is 19.1. The molecule has 1 atom stereocenters. The highest BCUT2D eigenvalue weighted by molar-refractivity contribution is 5.88. The summed E-state index contributed by atoms with van der Waals surface area (Å²) in [6, 6.07) is 4.23. The zero-order valence-corrected chi connectivity index (χ0v) is 8.99. The van der Waals surface area contributed by atoms with Crippen LogP contribution in [0.5, 0.6) is 0 Å². The van der Waals surface area contributed by atoms with Crippen molar-refractivity contribution >= 4 is 5.97 Å². The number of benzene rings is 1. The molecule has 0 heterocycles. The van der Waals surface area contributed by atoms with Crippen molar-refractivity contribution in [2.24, 2.45) is 0 Å². The Morgan fingerprint density at radius 2 is 2.07 bits per heavy atom. The second kappa shape index (κ2) is 4.40. The van der Waals surface area contributed by atoms with Crippen LogP contribution in [0, 0.1) is 5.82 Å². The average Bonchev–Trinajstić information content (AvgIpc) is 2.16. The van der Waals surface area contributed by atoms with Crippen LogP contribution in [0.25, 0.3) is 0 Å². The minimum absolute atomic E-state index is 0.0590. The number of carboxylic acid groups (broad SMARTS) is 1. The Morgan fingerprint density at radius 3 is 2.53 bits per heavy atom. The normalized spacial score (nSPS) is 12.9. The van der Waals surface area contributed by atoms with Gasteiger partial charge in [-0.1, -0.05) is 6.07 Å². The molecule has 0 radical (unpaired) electrons. The molecule has 0 aliphatic heterocycles. The maximum absolute atomic E-state index is 13.1. The number of carbonyl (C=O) groups is 1. The van der Waals surface area contributed by atoms with Gasteiger partial charge in [0.15, 0.2) is 0 Å². The van der Waals surface area contributed by atoms with E-state index < -0.39 is 11.8 Å². The Labute approximate surface area is 88.1 Å². The molecular formula is C11H14FNO2. The van der Waals surface area contributed by atoms with E-state index in [4.69, 9.17) is 5.11 Å². The molecule has 82 valence electrons. The first kappa shape index (κ1) is 11.7. The van der Waals surface area contributed by atoms with E-state index in [1.807, 2.05) is 25.9 Å². The van der Waals surface area contributed by atoms with Crippen LogP contribution >= 0.6 is 0 Å². The van der Waals surface area contributed by atoms with E-state index >= 15 is 0 Å². The van der Waals surface area contributed by atoms with Crippen molar-refractivity contribution in [2.45, 2.75) is 13.0 Å². The zero-order valence-electron chi connectivity index (χ0n) is 8.99. The minimum atomic E-state index is -1.24. The van der Waals surface area contributed by atoms with E-state index in [1.165, 1.54) is 12.1 Å². The Kier molecular flexibility index (Phi) is 3.42. The third kappa shape index (κ3) is 2.53. The lowest BCUT2D eigenvalue weighted by Gasteiger charge is -2.20. The van der Waals surface area contributed by atoms with Crippen LogP contribution in [-0.2, 0) is 0 Å². The summed E-state index contributed by atoms with van der Waals surface area (Å²) in [6.45, 7) is 1.93. The van der Waals surface area contributed by atoms with Gasteiger partial charge < -0.3 is 10.0 Å². The predicted octanol–water partition coefficient (Wildman–Crippen LogP) is 2.15. The number of halogens is 1. The number of hydrogen-bond acceptors (Lipinski definition) is 2. The molecule has 0 aliphatic carbocycles. The molecule has 4 heteroatoms. The number of nitrogens with zero attached hydrogens (tertiary/aromatic N) is 1. The van der Waals surface area contributed by atoms with Gasteiger partial charge >= 0.3 is 5.97 Å². The fourth-order valence-corrected chi connectivity index (χ4v) is 1.26. The lowest BCUT2D eigenvalue weighted by atomic mass is 10.0. The predicted molar refractivity (Wildman–Crippen MR) is 55.5 cm³/mol. The van der Waals surface area contributed by atoms with Gasteiger partial charge in [-0.2, -0.15) is 0 Å². The quantitative estimate of drug-likeness (QED) is 0.832. The molecule has 0 saturated heterocycles. The Morgan fingerprint density at radius 1 is 1.47 bits per heavy atom. The fourth-order valence-electron chi connectivity index (χ4n) is 1.26. The SMILES string of the molecule is CC(c1ccc(F)c(C(=O)O)c1)N(C)C. The van der Waals surface area contributed by atoms with Crippen LogP contribution in [-0.4, -0.2) is 30.1 Å². The number of rotatable bonds is 3. The lowest BCUT2D eigenvalue weighted by Crippen LogP contribution is -2.17. The fraction of sp³-hybridized carbons (Fsp3) is 0.364. The van der Waals surface area contributed by atoms with Gasteiger partial charge in [-0.05, 0) is 38.7 Å². The van der Waals surface area contributed by atoms with Crippen molar-refractivity contribution in [2.75, 3.05) is 14.1 Å². The molecule has 1 N–H and O–H groups in total. The smallest absolute Gasteiger partial charge is 0.338 e. The summed E-state index contributed by atoms with van der Waals surface area (Å²) in [7, 11) is 3.77. The molecule has 1 unspecified atom stereocenters. The molecule has 1 aromatic carbocycles. The lowest BCUT2D eigenvalue weighted by molar-refractivity contribution is 0.0691. The van der Waals surface area contributed by atoms with Crippen molar-refractivity contribution in [1.82, 2.24) is 4.90 Å². The van der Waals surface area contributed by atoms with E-state index in [1.54, 1.807) is 6.07 Å². The first-order valence-corrected chi connectivity index (χ1v) is 4.62. The van der Waals surface area contributed by atoms with Crippen LogP contribution in [0.3, 0.4) is 0 Å². The van der Waals surface area contributed by atoms with Crippen LogP contribution < -0.4 is 0 Å². The summed E-state index contributed by atoms with van der Waals surface area (Å²) in [5.41, 5.74) is 0.514. The van der Waals surface area contributed by atoms with Gasteiger partial charge in [-0.3, -0.25) is 0 Å². The van der Waals surface area contributed by atoms with Crippen molar-refractivity contribution < 1.29 is 14.3 Å². The molecule has 15 heavy (non-hydrogen) atoms. The monoisotopic (exact) mass is 211 g/mol. The van der Waals surface area contributed by atoms with E-state index in [2.05, 4.69) is 0 Å². The van der Waals surface area contributed by atoms with Gasteiger partial charge in [-0.15, -0.1) is 0 Å². The largest absolute Gasteiger partial charge is 0.478 e. The summed E-state index contributed by atoms with van der Waals surface area (Å²) in [5.74, 6) is -1.93. The molecule has 0 aliphatic rings. The molecule has 0 bridgehead atoms. The van der Waals surface area contributed by atoms with Gasteiger partial charge in [0.05, 0.1) is 5.56 Å². The van der Waals surface area contributed by atoms with Crippen LogP contribution in [0.2, 0.25) is 0 Å². The highest BCUT2D eigenvalue weighted by Crippen LogP contribution is 2.20. The maximum atomic E-state index is 13.1. The van der Waals surface area contributed by atoms with Crippen LogP contribution in [0.15, 0.2) is 18.2 Å². The number of aromatic carboxylic acids is 1. The van der Waals surface area contributed by atoms with Gasteiger partial charge in [-0.25, -0.2) is 9.18 Å². The van der Waals surface area contributed by atoms with Gasteiger partial charge in [0, 0.05) is 6.04 Å². The summed E-state index contributed by atoms with van der Waals surface area (Å²) in [6.07, 6.45) is 0. The molecule has 3 nitrogen and oxygen atoms in total. The summed E-state index contributed by atoms with van der Waals surface area (Å²) < 4.78 is 13.1. The van der Waals surface area contributed by atoms with Crippen LogP contribution in [0.4, 0.5) is 4.39 Å². The third-order valence-electron chi connectivity index (χ3n) is 2.48. The van der Waals surface area contributed by atoms with Crippen LogP contribution in [0.1, 0.15) is 28.9 Å². The van der Waals surface area contributed by atoms with Gasteiger partial charge in [0.25, 0.3) is 0 Å². The Bertz CT molecular complexity index is 377. The molecule has 0 spiro atoms. The van der Waals surface area contributed by atoms with Crippen molar-refractivity contribution in [3.63, 3.8) is 0 Å². The maximum Gasteiger partial charge on any atom is 0.338 e. The first-order chi connectivity index (χ1) is 6.93. The van der Waals surface area contributed by atoms with Gasteiger partial charge in [0.1, 0.15) is 5.82 Å². The standard InChI is InChI=1S/C11H14FNO2/c1-7(13(2)3)8-4-5-10(12)9(6-8)11(14)15/h4-7H,1-3H3,(H,14,15). The average molecular weight is 211 g/mol. The molecule has 1 aromatic rings. The summed E-state index contributed by atoms with van der Waals surface area (Å²) >= 11 is 0. The second-order valence-corrected chi connectivity index (χ2v) is 3.68. The first-order valence-electron chi connectivity index (χ1n) is 4.62. The summed E-state index contributed by atoms with van der Waals surface area (Å²) in [5, 5.41) is 8.76. The van der Waals surface area contributed by atoms with Crippen molar-refractivity contribution in [3.8, 4) is 0 Å². The molecule has 0 amide bonds. The minimum Gasteiger partial charge on any atom is -0.478 e. The molecular weight excluding hydrogens is 197 g/mol. The van der Waals surface area contributed by atoms with E-state index in [0.717, 1.165) is 5.56 Å². The third-order valence-corrected chi connectivity index (χ3v) is 2.48. The number of hydrogen-bond donors (Lipinski definition) is 1. The van der Waals surface area contributed by atoms with Crippen molar-refractivity contribution in [3.05, 3.63) is 35.1 Å². The Balaban J connectivity index is 3.13. The molecule has 0 fully saturated rings. The molecule has 1 rings (SSSR count). The number of carboxylic acids is 1. The Hall–Kier alpha value is -1.42. The highest BCUT2D eigenvalue weighted by Gasteiger charge is 2.14. The molecule has 0 aromatic heterocycles. The topological polar surface area (TPSA) is 40.5 Å². The van der Waals surface area contributed by atoms with Gasteiger partial charge in [0.2, 0.25) is 0 Å². The van der Waals surface area contributed by atoms with E-state index in [9.17, 15) is 9.18 Å².